The number of rotatable bonds is 3. The summed E-state index contributed by atoms with van der Waals surface area (Å²) in [5.41, 5.74) is 7.54. The second kappa shape index (κ2) is 4.17. The van der Waals surface area contributed by atoms with Gasteiger partial charge in [-0.2, -0.15) is 0 Å². The molecule has 3 nitrogen and oxygen atoms in total. The molecular weight excluding hydrogens is 210 g/mol. The minimum Gasteiger partial charge on any atom is -0.374 e. The molecule has 0 spiro atoms. The lowest BCUT2D eigenvalue weighted by Gasteiger charge is -2.13. The number of hydrogen-bond acceptors (Lipinski definition) is 2. The molecule has 3 rings (SSSR count). The van der Waals surface area contributed by atoms with E-state index in [4.69, 9.17) is 0 Å². The van der Waals surface area contributed by atoms with E-state index in [0.29, 0.717) is 0 Å². The average molecular weight is 227 g/mol. The fraction of sp³-hybridized carbons (Fsp3) is 0.286. The monoisotopic (exact) mass is 227 g/mol. The third-order valence-corrected chi connectivity index (χ3v) is 3.34. The Morgan fingerprint density at radius 1 is 1.24 bits per heavy atom. The van der Waals surface area contributed by atoms with Crippen LogP contribution in [0.1, 0.15) is 11.1 Å². The summed E-state index contributed by atoms with van der Waals surface area (Å²) < 4.78 is 1.99. The quantitative estimate of drug-likeness (QED) is 0.867. The highest BCUT2D eigenvalue weighted by Gasteiger charge is 2.15. The molecule has 0 aliphatic carbocycles. The van der Waals surface area contributed by atoms with Crippen molar-refractivity contribution in [3.05, 3.63) is 53.9 Å². The molecule has 2 aromatic rings. The molecule has 3 heteroatoms. The van der Waals surface area contributed by atoms with Crippen LogP contribution >= 0.6 is 0 Å². The van der Waals surface area contributed by atoms with Gasteiger partial charge in [-0.05, 0) is 35.7 Å². The van der Waals surface area contributed by atoms with Gasteiger partial charge < -0.3 is 10.3 Å². The van der Waals surface area contributed by atoms with Crippen molar-refractivity contribution >= 4 is 5.69 Å². The number of benzene rings is 1. The molecule has 0 radical (unpaired) electrons. The van der Waals surface area contributed by atoms with Crippen LogP contribution in [0.4, 0.5) is 5.69 Å². The largest absolute Gasteiger partial charge is 0.374 e. The van der Waals surface area contributed by atoms with Crippen molar-refractivity contribution in [2.75, 3.05) is 23.9 Å². The number of aromatic nitrogens is 1. The molecule has 1 aromatic heterocycles. The van der Waals surface area contributed by atoms with Crippen LogP contribution in [0.5, 0.6) is 0 Å². The fourth-order valence-corrected chi connectivity index (χ4v) is 2.35. The van der Waals surface area contributed by atoms with Gasteiger partial charge in [0.15, 0.2) is 0 Å². The molecule has 1 aliphatic heterocycles. The zero-order chi connectivity index (χ0) is 11.7. The van der Waals surface area contributed by atoms with Gasteiger partial charge in [-0.3, -0.25) is 4.68 Å². The van der Waals surface area contributed by atoms with Crippen molar-refractivity contribution in [1.29, 1.82) is 0 Å². The minimum atomic E-state index is 0.867. The van der Waals surface area contributed by atoms with Crippen LogP contribution in [0, 0.1) is 0 Å². The Kier molecular flexibility index (Phi) is 2.52. The van der Waals surface area contributed by atoms with E-state index in [1.54, 1.807) is 0 Å². The predicted molar refractivity (Wildman–Crippen MR) is 70.9 cm³/mol. The maximum Gasteiger partial charge on any atom is 0.0564 e. The van der Waals surface area contributed by atoms with E-state index < -0.39 is 0 Å². The Balaban J connectivity index is 1.72. The standard InChI is InChI=1S/C14H17N3/c1-16-9-6-13-10-12(4-5-14(13)16)11-15-17-7-2-3-8-17/h2-5,7-8,10,15H,6,9,11H2,1H3. The Labute approximate surface area is 102 Å². The smallest absolute Gasteiger partial charge is 0.0564 e. The van der Waals surface area contributed by atoms with E-state index in [1.165, 1.54) is 23.2 Å². The highest BCUT2D eigenvalue weighted by molar-refractivity contribution is 5.58. The third kappa shape index (κ3) is 2.00. The summed E-state index contributed by atoms with van der Waals surface area (Å²) in [4.78, 5) is 2.32. The second-order valence-corrected chi connectivity index (χ2v) is 4.56. The van der Waals surface area contributed by atoms with Crippen LogP contribution < -0.4 is 10.3 Å². The number of anilines is 1. The zero-order valence-electron chi connectivity index (χ0n) is 10.1. The van der Waals surface area contributed by atoms with Crippen molar-refractivity contribution in [3.63, 3.8) is 0 Å². The number of hydrogen-bond donors (Lipinski definition) is 1. The average Bonchev–Trinajstić information content (AvgIpc) is 2.97. The van der Waals surface area contributed by atoms with Crippen LogP contribution in [0.2, 0.25) is 0 Å². The van der Waals surface area contributed by atoms with E-state index >= 15 is 0 Å². The first kappa shape index (κ1) is 10.3. The number of fused-ring (bicyclic) bond motifs is 1. The van der Waals surface area contributed by atoms with E-state index in [0.717, 1.165) is 13.1 Å². The molecule has 0 saturated heterocycles. The lowest BCUT2D eigenvalue weighted by Crippen LogP contribution is -2.13. The van der Waals surface area contributed by atoms with Gasteiger partial charge in [0.2, 0.25) is 0 Å². The van der Waals surface area contributed by atoms with E-state index in [-0.39, 0.29) is 0 Å². The maximum atomic E-state index is 3.35. The van der Waals surface area contributed by atoms with Gasteiger partial charge in [0.05, 0.1) is 6.54 Å². The molecule has 0 atom stereocenters. The van der Waals surface area contributed by atoms with Gasteiger partial charge in [-0.1, -0.05) is 12.1 Å². The summed E-state index contributed by atoms with van der Waals surface area (Å²) in [5, 5.41) is 0. The van der Waals surface area contributed by atoms with E-state index in [1.807, 2.05) is 29.2 Å². The van der Waals surface area contributed by atoms with Crippen LogP contribution in [-0.4, -0.2) is 18.3 Å². The zero-order valence-corrected chi connectivity index (χ0v) is 10.1. The lowest BCUT2D eigenvalue weighted by molar-refractivity contribution is 0.846. The SMILES string of the molecule is CN1CCc2cc(CNn3cccc3)ccc21. The predicted octanol–water partition coefficient (Wildman–Crippen LogP) is 2.22. The molecule has 1 aromatic carbocycles. The van der Waals surface area contributed by atoms with Crippen LogP contribution in [0.25, 0.3) is 0 Å². The lowest BCUT2D eigenvalue weighted by atomic mass is 10.1. The Hall–Kier alpha value is -1.90. The number of nitrogens with one attached hydrogen (secondary N) is 1. The Bertz CT molecular complexity index is 502. The maximum absolute atomic E-state index is 3.35. The molecule has 17 heavy (non-hydrogen) atoms. The molecular formula is C14H17N3. The van der Waals surface area contributed by atoms with Crippen molar-refractivity contribution in [3.8, 4) is 0 Å². The molecule has 0 saturated carbocycles. The third-order valence-electron chi connectivity index (χ3n) is 3.34. The Morgan fingerprint density at radius 2 is 2.06 bits per heavy atom. The highest BCUT2D eigenvalue weighted by Crippen LogP contribution is 2.27. The van der Waals surface area contributed by atoms with E-state index in [9.17, 15) is 0 Å². The Morgan fingerprint density at radius 3 is 2.88 bits per heavy atom. The van der Waals surface area contributed by atoms with Crippen molar-refractivity contribution in [1.82, 2.24) is 4.68 Å². The van der Waals surface area contributed by atoms with Crippen molar-refractivity contribution in [2.24, 2.45) is 0 Å². The summed E-state index contributed by atoms with van der Waals surface area (Å²) in [5.74, 6) is 0. The van der Waals surface area contributed by atoms with Crippen molar-refractivity contribution in [2.45, 2.75) is 13.0 Å². The molecule has 1 N–H and O–H groups in total. The molecule has 0 amide bonds. The molecule has 88 valence electrons. The first-order valence-corrected chi connectivity index (χ1v) is 6.03. The van der Waals surface area contributed by atoms with Gasteiger partial charge in [-0.25, -0.2) is 0 Å². The van der Waals surface area contributed by atoms with Gasteiger partial charge in [0, 0.05) is 31.7 Å². The van der Waals surface area contributed by atoms with Crippen molar-refractivity contribution < 1.29 is 0 Å². The normalized spacial score (nSPS) is 13.8. The summed E-state index contributed by atoms with van der Waals surface area (Å²) in [6.07, 6.45) is 5.20. The van der Waals surface area contributed by atoms with Gasteiger partial charge in [-0.15, -0.1) is 0 Å². The topological polar surface area (TPSA) is 20.2 Å². The first-order valence-electron chi connectivity index (χ1n) is 6.03. The molecule has 0 fully saturated rings. The molecule has 0 bridgehead atoms. The van der Waals surface area contributed by atoms with Gasteiger partial charge in [0.25, 0.3) is 0 Å². The second-order valence-electron chi connectivity index (χ2n) is 4.56. The summed E-state index contributed by atoms with van der Waals surface area (Å²) in [6.45, 7) is 2.01. The van der Waals surface area contributed by atoms with E-state index in [2.05, 4.69) is 35.6 Å². The fourth-order valence-electron chi connectivity index (χ4n) is 2.35. The summed E-state index contributed by atoms with van der Waals surface area (Å²) >= 11 is 0. The number of likely N-dealkylation sites (N-methyl/N-ethyl adjacent to an activating group) is 1. The minimum absolute atomic E-state index is 0.867. The summed E-state index contributed by atoms with van der Waals surface area (Å²) in [7, 11) is 2.16. The summed E-state index contributed by atoms with van der Waals surface area (Å²) in [6, 6.07) is 10.8. The van der Waals surface area contributed by atoms with Crippen LogP contribution in [0.3, 0.4) is 0 Å². The van der Waals surface area contributed by atoms with Gasteiger partial charge in [0.1, 0.15) is 0 Å². The number of nitrogens with zero attached hydrogens (tertiary/aromatic N) is 2. The molecule has 0 unspecified atom stereocenters. The van der Waals surface area contributed by atoms with Crippen LogP contribution in [0.15, 0.2) is 42.7 Å². The molecule has 2 heterocycles. The van der Waals surface area contributed by atoms with Gasteiger partial charge >= 0.3 is 0 Å². The molecule has 1 aliphatic rings. The highest BCUT2D eigenvalue weighted by atomic mass is 15.4. The first-order chi connectivity index (χ1) is 8.33. The van der Waals surface area contributed by atoms with Crippen LogP contribution in [-0.2, 0) is 13.0 Å².